The molecule has 0 radical (unpaired) electrons. The summed E-state index contributed by atoms with van der Waals surface area (Å²) in [6, 6.07) is 25.4. The van der Waals surface area contributed by atoms with Crippen molar-refractivity contribution in [2.45, 2.75) is 12.3 Å². The maximum Gasteiger partial charge on any atom is 0.163 e. The van der Waals surface area contributed by atoms with Crippen molar-refractivity contribution in [2.75, 3.05) is 0 Å². The van der Waals surface area contributed by atoms with E-state index in [1.54, 1.807) is 6.20 Å². The maximum absolute atomic E-state index is 12.6. The van der Waals surface area contributed by atoms with E-state index in [0.717, 1.165) is 16.8 Å². The number of benzene rings is 2. The fourth-order valence-corrected chi connectivity index (χ4v) is 2.59. The zero-order chi connectivity index (χ0) is 15.2. The number of pyridine rings is 1. The van der Waals surface area contributed by atoms with E-state index in [0.29, 0.717) is 6.42 Å². The Bertz CT molecular complexity index is 684. The number of hydrogen-bond acceptors (Lipinski definition) is 2. The van der Waals surface area contributed by atoms with Gasteiger partial charge in [0.25, 0.3) is 0 Å². The normalized spacial score (nSPS) is 11.8. The summed E-state index contributed by atoms with van der Waals surface area (Å²) in [6.45, 7) is 0. The molecule has 2 heteroatoms. The number of carbonyl (C=O) groups excluding carboxylic acids is 1. The number of aromatic nitrogens is 1. The highest BCUT2D eigenvalue weighted by atomic mass is 16.1. The predicted molar refractivity (Wildman–Crippen MR) is 87.9 cm³/mol. The largest absolute Gasteiger partial charge is 0.294 e. The third-order valence-corrected chi connectivity index (χ3v) is 3.73. The second kappa shape index (κ2) is 6.81. The number of rotatable bonds is 5. The first-order valence-corrected chi connectivity index (χ1v) is 7.39. The van der Waals surface area contributed by atoms with Gasteiger partial charge in [0.05, 0.1) is 0 Å². The lowest BCUT2D eigenvalue weighted by Crippen LogP contribution is -2.10. The van der Waals surface area contributed by atoms with Gasteiger partial charge in [-0.2, -0.15) is 0 Å². The molecule has 1 atom stereocenters. The average Bonchev–Trinajstić information content (AvgIpc) is 2.62. The monoisotopic (exact) mass is 287 g/mol. The number of nitrogens with zero attached hydrogens (tertiary/aromatic N) is 1. The van der Waals surface area contributed by atoms with Crippen LogP contribution in [0.2, 0.25) is 0 Å². The Kier molecular flexibility index (Phi) is 4.40. The van der Waals surface area contributed by atoms with E-state index in [1.165, 1.54) is 0 Å². The lowest BCUT2D eigenvalue weighted by Gasteiger charge is -2.16. The summed E-state index contributed by atoms with van der Waals surface area (Å²) in [4.78, 5) is 17.0. The van der Waals surface area contributed by atoms with Crippen molar-refractivity contribution in [1.82, 2.24) is 4.98 Å². The molecule has 1 heterocycles. The Balaban J connectivity index is 1.91. The van der Waals surface area contributed by atoms with E-state index in [4.69, 9.17) is 0 Å². The van der Waals surface area contributed by atoms with Crippen molar-refractivity contribution in [3.63, 3.8) is 0 Å². The molecular weight excluding hydrogens is 270 g/mol. The van der Waals surface area contributed by atoms with Crippen molar-refractivity contribution in [3.05, 3.63) is 102 Å². The van der Waals surface area contributed by atoms with Gasteiger partial charge in [0.1, 0.15) is 0 Å². The van der Waals surface area contributed by atoms with Crippen LogP contribution < -0.4 is 0 Å². The SMILES string of the molecule is O=C(CC(c1ccccc1)c1ccccn1)c1ccccc1. The smallest absolute Gasteiger partial charge is 0.163 e. The molecule has 0 spiro atoms. The summed E-state index contributed by atoms with van der Waals surface area (Å²) < 4.78 is 0. The predicted octanol–water partition coefficient (Wildman–Crippen LogP) is 4.49. The molecule has 0 aliphatic rings. The van der Waals surface area contributed by atoms with Gasteiger partial charge in [-0.1, -0.05) is 66.7 Å². The van der Waals surface area contributed by atoms with Crippen LogP contribution in [-0.4, -0.2) is 10.8 Å². The van der Waals surface area contributed by atoms with Crippen LogP contribution in [0.15, 0.2) is 85.1 Å². The van der Waals surface area contributed by atoms with Gasteiger partial charge >= 0.3 is 0 Å². The second-order valence-electron chi connectivity index (χ2n) is 5.21. The van der Waals surface area contributed by atoms with Gasteiger partial charge in [-0.25, -0.2) is 0 Å². The fraction of sp³-hybridized carbons (Fsp3) is 0.100. The number of hydrogen-bond donors (Lipinski definition) is 0. The molecule has 0 N–H and O–H groups in total. The Hall–Kier alpha value is -2.74. The maximum atomic E-state index is 12.6. The molecule has 0 fully saturated rings. The summed E-state index contributed by atoms with van der Waals surface area (Å²) in [6.07, 6.45) is 2.20. The summed E-state index contributed by atoms with van der Waals surface area (Å²) >= 11 is 0. The van der Waals surface area contributed by atoms with E-state index >= 15 is 0 Å². The molecule has 0 aliphatic carbocycles. The van der Waals surface area contributed by atoms with Crippen molar-refractivity contribution in [2.24, 2.45) is 0 Å². The number of ketones is 1. The fourth-order valence-electron chi connectivity index (χ4n) is 2.59. The molecule has 0 saturated heterocycles. The Morgan fingerprint density at radius 2 is 1.45 bits per heavy atom. The number of Topliss-reactive ketones (excluding diaryl/α,β-unsaturated/α-hetero) is 1. The van der Waals surface area contributed by atoms with Gasteiger partial charge in [-0.3, -0.25) is 9.78 Å². The van der Waals surface area contributed by atoms with Crippen molar-refractivity contribution in [3.8, 4) is 0 Å². The topological polar surface area (TPSA) is 30.0 Å². The highest BCUT2D eigenvalue weighted by molar-refractivity contribution is 5.96. The highest BCUT2D eigenvalue weighted by Gasteiger charge is 2.19. The first-order chi connectivity index (χ1) is 10.8. The Labute approximate surface area is 130 Å². The van der Waals surface area contributed by atoms with Crippen LogP contribution >= 0.6 is 0 Å². The number of carbonyl (C=O) groups is 1. The van der Waals surface area contributed by atoms with Crippen molar-refractivity contribution >= 4 is 5.78 Å². The van der Waals surface area contributed by atoms with Gasteiger partial charge in [-0.15, -0.1) is 0 Å². The molecule has 1 aromatic heterocycles. The Morgan fingerprint density at radius 1 is 0.818 bits per heavy atom. The molecule has 22 heavy (non-hydrogen) atoms. The van der Waals surface area contributed by atoms with Crippen LogP contribution in [0, 0.1) is 0 Å². The minimum absolute atomic E-state index is 0.0184. The van der Waals surface area contributed by atoms with E-state index in [1.807, 2.05) is 66.7 Å². The first-order valence-electron chi connectivity index (χ1n) is 7.39. The van der Waals surface area contributed by atoms with E-state index < -0.39 is 0 Å². The van der Waals surface area contributed by atoms with Gasteiger partial charge in [0, 0.05) is 29.8 Å². The highest BCUT2D eigenvalue weighted by Crippen LogP contribution is 2.27. The van der Waals surface area contributed by atoms with Crippen molar-refractivity contribution < 1.29 is 4.79 Å². The van der Waals surface area contributed by atoms with Crippen LogP contribution in [-0.2, 0) is 0 Å². The van der Waals surface area contributed by atoms with Crippen LogP contribution in [0.1, 0.15) is 34.0 Å². The van der Waals surface area contributed by atoms with Crippen LogP contribution in [0.25, 0.3) is 0 Å². The second-order valence-corrected chi connectivity index (χ2v) is 5.21. The van der Waals surface area contributed by atoms with Gasteiger partial charge in [-0.05, 0) is 17.7 Å². The standard InChI is InChI=1S/C20H17NO/c22-20(17-11-5-2-6-12-17)15-18(16-9-3-1-4-10-16)19-13-7-8-14-21-19/h1-14,18H,15H2. The third kappa shape index (κ3) is 3.29. The van der Waals surface area contributed by atoms with E-state index in [-0.39, 0.29) is 11.7 Å². The molecule has 0 aliphatic heterocycles. The minimum atomic E-state index is -0.0184. The molecule has 3 aromatic rings. The lowest BCUT2D eigenvalue weighted by atomic mass is 9.88. The van der Waals surface area contributed by atoms with Gasteiger partial charge in [0.15, 0.2) is 5.78 Å². The van der Waals surface area contributed by atoms with Crippen LogP contribution in [0.3, 0.4) is 0 Å². The lowest BCUT2D eigenvalue weighted by molar-refractivity contribution is 0.0977. The van der Waals surface area contributed by atoms with Crippen LogP contribution in [0.5, 0.6) is 0 Å². The molecule has 1 unspecified atom stereocenters. The minimum Gasteiger partial charge on any atom is -0.294 e. The molecule has 0 bridgehead atoms. The molecular formula is C20H17NO. The molecule has 108 valence electrons. The summed E-state index contributed by atoms with van der Waals surface area (Å²) in [5.41, 5.74) is 2.79. The summed E-state index contributed by atoms with van der Waals surface area (Å²) in [5, 5.41) is 0. The van der Waals surface area contributed by atoms with E-state index in [2.05, 4.69) is 17.1 Å². The molecule has 2 nitrogen and oxygen atoms in total. The Morgan fingerprint density at radius 3 is 2.09 bits per heavy atom. The zero-order valence-electron chi connectivity index (χ0n) is 12.2. The quantitative estimate of drug-likeness (QED) is 0.647. The van der Waals surface area contributed by atoms with E-state index in [9.17, 15) is 4.79 Å². The molecule has 3 rings (SSSR count). The first kappa shape index (κ1) is 14.2. The molecule has 0 saturated carbocycles. The van der Waals surface area contributed by atoms with Gasteiger partial charge in [0.2, 0.25) is 0 Å². The third-order valence-electron chi connectivity index (χ3n) is 3.73. The van der Waals surface area contributed by atoms with Crippen molar-refractivity contribution in [1.29, 1.82) is 0 Å². The summed E-state index contributed by atoms with van der Waals surface area (Å²) in [7, 11) is 0. The molecule has 2 aromatic carbocycles. The van der Waals surface area contributed by atoms with Crippen LogP contribution in [0.4, 0.5) is 0 Å². The average molecular weight is 287 g/mol. The molecule has 0 amide bonds. The zero-order valence-corrected chi connectivity index (χ0v) is 12.2. The summed E-state index contributed by atoms with van der Waals surface area (Å²) in [5.74, 6) is 0.121. The van der Waals surface area contributed by atoms with Gasteiger partial charge < -0.3 is 0 Å².